The number of carbonyl (C=O) groups excluding carboxylic acids is 4. The second kappa shape index (κ2) is 6.68. The summed E-state index contributed by atoms with van der Waals surface area (Å²) in [6.07, 6.45) is -0.348. The number of piperidine rings is 1. The molecule has 0 aromatic carbocycles. The average molecular weight is 300 g/mol. The van der Waals surface area contributed by atoms with E-state index < -0.39 is 42.3 Å². The molecule has 0 saturated carbocycles. The average Bonchev–Trinajstić information content (AvgIpc) is 2.38. The van der Waals surface area contributed by atoms with Gasteiger partial charge in [0.2, 0.25) is 11.8 Å². The van der Waals surface area contributed by atoms with Crippen LogP contribution in [0.25, 0.3) is 0 Å². The molecule has 1 rings (SSSR count). The highest BCUT2D eigenvalue weighted by molar-refractivity contribution is 6.01. The second-order valence-corrected chi connectivity index (χ2v) is 4.56. The summed E-state index contributed by atoms with van der Waals surface area (Å²) in [5.41, 5.74) is 4.87. The molecule has 0 aromatic rings. The van der Waals surface area contributed by atoms with Gasteiger partial charge in [-0.1, -0.05) is 0 Å². The number of carboxylic acids is 1. The lowest BCUT2D eigenvalue weighted by molar-refractivity contribution is -0.147. The molecule has 2 unspecified atom stereocenters. The van der Waals surface area contributed by atoms with Crippen LogP contribution in [0.15, 0.2) is 0 Å². The van der Waals surface area contributed by atoms with Crippen LogP contribution in [0, 0.1) is 0 Å². The highest BCUT2D eigenvalue weighted by Gasteiger charge is 2.33. The molecular formula is C11H16N4O6. The Bertz CT molecular complexity index is 491. The zero-order valence-corrected chi connectivity index (χ0v) is 11.3. The van der Waals surface area contributed by atoms with Crippen LogP contribution >= 0.6 is 0 Å². The highest BCUT2D eigenvalue weighted by atomic mass is 16.4. The Kier molecular flexibility index (Phi) is 5.22. The van der Waals surface area contributed by atoms with Crippen LogP contribution in [0.1, 0.15) is 19.3 Å². The number of amides is 5. The zero-order valence-electron chi connectivity index (χ0n) is 11.3. The van der Waals surface area contributed by atoms with Crippen molar-refractivity contribution in [1.29, 1.82) is 0 Å². The minimum absolute atomic E-state index is 0.0941. The summed E-state index contributed by atoms with van der Waals surface area (Å²) in [6.45, 7) is 0. The number of urea groups is 1. The van der Waals surface area contributed by atoms with E-state index in [0.29, 0.717) is 0 Å². The SMILES string of the molecule is CN1C(=O)CCC(NC(=O)NC(CC(N)=O)C(=O)O)C1=O. The van der Waals surface area contributed by atoms with Crippen molar-refractivity contribution >= 4 is 29.7 Å². The molecule has 0 aliphatic carbocycles. The van der Waals surface area contributed by atoms with Crippen molar-refractivity contribution in [3.05, 3.63) is 0 Å². The Morgan fingerprint density at radius 2 is 2.05 bits per heavy atom. The summed E-state index contributed by atoms with van der Waals surface area (Å²) in [7, 11) is 1.30. The van der Waals surface area contributed by atoms with Crippen molar-refractivity contribution in [3.63, 3.8) is 0 Å². The van der Waals surface area contributed by atoms with Crippen LogP contribution in [0.3, 0.4) is 0 Å². The summed E-state index contributed by atoms with van der Waals surface area (Å²) in [5.74, 6) is -3.24. The van der Waals surface area contributed by atoms with Crippen molar-refractivity contribution in [2.75, 3.05) is 7.05 Å². The fraction of sp³-hybridized carbons (Fsp3) is 0.545. The molecule has 0 radical (unpaired) electrons. The maximum atomic E-state index is 11.7. The Balaban J connectivity index is 2.60. The number of imide groups is 1. The molecule has 5 N–H and O–H groups in total. The van der Waals surface area contributed by atoms with Crippen molar-refractivity contribution < 1.29 is 29.1 Å². The first kappa shape index (κ1) is 16.4. The Morgan fingerprint density at radius 1 is 1.43 bits per heavy atom. The van der Waals surface area contributed by atoms with Gasteiger partial charge >= 0.3 is 12.0 Å². The van der Waals surface area contributed by atoms with Gasteiger partial charge in [0.15, 0.2) is 0 Å². The van der Waals surface area contributed by atoms with Gasteiger partial charge < -0.3 is 21.5 Å². The molecule has 0 spiro atoms. The number of likely N-dealkylation sites (N-methyl/N-ethyl adjacent to an activating group) is 1. The maximum absolute atomic E-state index is 11.7. The normalized spacial score (nSPS) is 19.9. The predicted molar refractivity (Wildman–Crippen MR) is 67.7 cm³/mol. The number of carbonyl (C=O) groups is 5. The van der Waals surface area contributed by atoms with E-state index in [9.17, 15) is 24.0 Å². The molecule has 1 aliphatic heterocycles. The minimum atomic E-state index is -1.49. The van der Waals surface area contributed by atoms with E-state index in [2.05, 4.69) is 5.32 Å². The third-order valence-electron chi connectivity index (χ3n) is 2.96. The number of nitrogens with two attached hydrogens (primary N) is 1. The molecule has 1 heterocycles. The summed E-state index contributed by atoms with van der Waals surface area (Å²) in [4.78, 5) is 57.1. The quantitative estimate of drug-likeness (QED) is 0.420. The molecule has 116 valence electrons. The smallest absolute Gasteiger partial charge is 0.326 e. The number of primary amides is 1. The third kappa shape index (κ3) is 4.44. The number of rotatable bonds is 5. The van der Waals surface area contributed by atoms with Crippen molar-refractivity contribution in [2.24, 2.45) is 5.73 Å². The molecule has 1 aliphatic rings. The molecule has 10 nitrogen and oxygen atoms in total. The van der Waals surface area contributed by atoms with Gasteiger partial charge in [-0.25, -0.2) is 9.59 Å². The lowest BCUT2D eigenvalue weighted by Gasteiger charge is -2.28. The van der Waals surface area contributed by atoms with E-state index in [1.165, 1.54) is 7.05 Å². The molecule has 1 fully saturated rings. The maximum Gasteiger partial charge on any atom is 0.326 e. The number of hydrogen-bond donors (Lipinski definition) is 4. The fourth-order valence-corrected chi connectivity index (χ4v) is 1.81. The summed E-state index contributed by atoms with van der Waals surface area (Å²) in [6, 6.07) is -3.33. The van der Waals surface area contributed by atoms with Crippen molar-refractivity contribution in [3.8, 4) is 0 Å². The van der Waals surface area contributed by atoms with Crippen LogP contribution in [-0.2, 0) is 19.2 Å². The van der Waals surface area contributed by atoms with Gasteiger partial charge in [-0.15, -0.1) is 0 Å². The highest BCUT2D eigenvalue weighted by Crippen LogP contribution is 2.11. The van der Waals surface area contributed by atoms with Gasteiger partial charge in [0.1, 0.15) is 12.1 Å². The van der Waals surface area contributed by atoms with E-state index in [0.717, 1.165) is 4.90 Å². The largest absolute Gasteiger partial charge is 0.480 e. The first-order chi connectivity index (χ1) is 9.72. The van der Waals surface area contributed by atoms with Gasteiger partial charge in [0.25, 0.3) is 5.91 Å². The van der Waals surface area contributed by atoms with E-state index in [4.69, 9.17) is 10.8 Å². The Morgan fingerprint density at radius 3 is 2.57 bits per heavy atom. The van der Waals surface area contributed by atoms with E-state index >= 15 is 0 Å². The van der Waals surface area contributed by atoms with Crippen LogP contribution in [0.4, 0.5) is 4.79 Å². The zero-order chi connectivity index (χ0) is 16.2. The van der Waals surface area contributed by atoms with Gasteiger partial charge in [-0.05, 0) is 6.42 Å². The van der Waals surface area contributed by atoms with Gasteiger partial charge in [0.05, 0.1) is 6.42 Å². The molecule has 21 heavy (non-hydrogen) atoms. The summed E-state index contributed by atoms with van der Waals surface area (Å²) in [5, 5.41) is 13.1. The lowest BCUT2D eigenvalue weighted by Crippen LogP contribution is -2.57. The van der Waals surface area contributed by atoms with Crippen LogP contribution in [-0.4, -0.2) is 58.9 Å². The summed E-state index contributed by atoms with van der Waals surface area (Å²) >= 11 is 0. The number of carboxylic acid groups (broad SMARTS) is 1. The number of aliphatic carboxylic acids is 1. The second-order valence-electron chi connectivity index (χ2n) is 4.56. The Labute approximate surface area is 119 Å². The molecule has 0 bridgehead atoms. The lowest BCUT2D eigenvalue weighted by atomic mass is 10.1. The number of nitrogens with zero attached hydrogens (tertiary/aromatic N) is 1. The molecular weight excluding hydrogens is 284 g/mol. The van der Waals surface area contributed by atoms with Crippen LogP contribution < -0.4 is 16.4 Å². The predicted octanol–water partition coefficient (Wildman–Crippen LogP) is -2.24. The third-order valence-corrected chi connectivity index (χ3v) is 2.96. The molecule has 5 amide bonds. The van der Waals surface area contributed by atoms with E-state index in [1.807, 2.05) is 5.32 Å². The molecule has 2 atom stereocenters. The number of nitrogens with one attached hydrogen (secondary N) is 2. The number of hydrogen-bond acceptors (Lipinski definition) is 5. The van der Waals surface area contributed by atoms with Crippen molar-refractivity contribution in [1.82, 2.24) is 15.5 Å². The van der Waals surface area contributed by atoms with Gasteiger partial charge in [-0.3, -0.25) is 19.3 Å². The summed E-state index contributed by atoms with van der Waals surface area (Å²) < 4.78 is 0. The minimum Gasteiger partial charge on any atom is -0.480 e. The molecule has 0 aromatic heterocycles. The van der Waals surface area contributed by atoms with Crippen LogP contribution in [0.2, 0.25) is 0 Å². The van der Waals surface area contributed by atoms with Gasteiger partial charge in [-0.2, -0.15) is 0 Å². The molecule has 1 saturated heterocycles. The first-order valence-corrected chi connectivity index (χ1v) is 6.11. The van der Waals surface area contributed by atoms with Crippen LogP contribution in [0.5, 0.6) is 0 Å². The molecule has 10 heteroatoms. The van der Waals surface area contributed by atoms with E-state index in [-0.39, 0.29) is 18.7 Å². The Hall–Kier alpha value is -2.65. The topological polar surface area (TPSA) is 159 Å². The van der Waals surface area contributed by atoms with Gasteiger partial charge in [0, 0.05) is 13.5 Å². The first-order valence-electron chi connectivity index (χ1n) is 6.11. The van der Waals surface area contributed by atoms with E-state index in [1.54, 1.807) is 0 Å². The monoisotopic (exact) mass is 300 g/mol. The fourth-order valence-electron chi connectivity index (χ4n) is 1.81. The number of likely N-dealkylation sites (tertiary alicyclic amines) is 1. The van der Waals surface area contributed by atoms with Crippen molar-refractivity contribution in [2.45, 2.75) is 31.3 Å². The standard InChI is InChI=1S/C11H16N4O6/c1-15-8(17)3-2-5(9(15)18)13-11(21)14-6(10(19)20)4-7(12)16/h5-6H,2-4H2,1H3,(H2,12,16)(H,19,20)(H2,13,14,21).